The molecular weight excluding hydrogens is 257 g/mol. The topological polar surface area (TPSA) is 30.5 Å². The Morgan fingerprint density at radius 3 is 2.40 bits per heavy atom. The molecular formula is C16H18FNO2. The quantitative estimate of drug-likeness (QED) is 0.901. The molecule has 0 aliphatic carbocycles. The number of hydrogen-bond donors (Lipinski definition) is 1. The number of rotatable bonds is 5. The molecule has 0 atom stereocenters. The first-order valence-electron chi connectivity index (χ1n) is 6.35. The van der Waals surface area contributed by atoms with Crippen molar-refractivity contribution in [2.24, 2.45) is 0 Å². The number of anilines is 1. The van der Waals surface area contributed by atoms with Crippen molar-refractivity contribution in [1.82, 2.24) is 0 Å². The van der Waals surface area contributed by atoms with Gasteiger partial charge in [-0.2, -0.15) is 0 Å². The summed E-state index contributed by atoms with van der Waals surface area (Å²) in [5.74, 6) is 1.16. The van der Waals surface area contributed by atoms with E-state index in [2.05, 4.69) is 5.32 Å². The number of methoxy groups -OCH3 is 2. The SMILES string of the molecule is COc1ccc(NCc2ccc(C)c(F)c2)cc1OC. The first-order valence-corrected chi connectivity index (χ1v) is 6.35. The molecule has 0 aliphatic rings. The molecule has 1 N–H and O–H groups in total. The van der Waals surface area contributed by atoms with Crippen molar-refractivity contribution in [3.8, 4) is 11.5 Å². The Morgan fingerprint density at radius 1 is 1.00 bits per heavy atom. The molecule has 0 saturated heterocycles. The van der Waals surface area contributed by atoms with Crippen LogP contribution in [-0.2, 0) is 6.54 Å². The highest BCUT2D eigenvalue weighted by Crippen LogP contribution is 2.29. The fourth-order valence-corrected chi connectivity index (χ4v) is 1.90. The van der Waals surface area contributed by atoms with Crippen LogP contribution >= 0.6 is 0 Å². The molecule has 0 aliphatic heterocycles. The number of hydrogen-bond acceptors (Lipinski definition) is 3. The van der Waals surface area contributed by atoms with Gasteiger partial charge >= 0.3 is 0 Å². The number of halogens is 1. The molecule has 0 unspecified atom stereocenters. The largest absolute Gasteiger partial charge is 0.493 e. The van der Waals surface area contributed by atoms with Crippen LogP contribution in [0.25, 0.3) is 0 Å². The fourth-order valence-electron chi connectivity index (χ4n) is 1.90. The highest BCUT2D eigenvalue weighted by atomic mass is 19.1. The maximum Gasteiger partial charge on any atom is 0.162 e. The highest BCUT2D eigenvalue weighted by Gasteiger charge is 2.05. The first-order chi connectivity index (χ1) is 9.63. The smallest absolute Gasteiger partial charge is 0.162 e. The van der Waals surface area contributed by atoms with Crippen LogP contribution in [0, 0.1) is 12.7 Å². The minimum absolute atomic E-state index is 0.184. The van der Waals surface area contributed by atoms with Gasteiger partial charge in [-0.3, -0.25) is 0 Å². The van der Waals surface area contributed by atoms with Crippen LogP contribution in [-0.4, -0.2) is 14.2 Å². The fraction of sp³-hybridized carbons (Fsp3) is 0.250. The van der Waals surface area contributed by atoms with Crippen molar-refractivity contribution < 1.29 is 13.9 Å². The molecule has 2 aromatic carbocycles. The summed E-state index contributed by atoms with van der Waals surface area (Å²) in [6, 6.07) is 10.8. The summed E-state index contributed by atoms with van der Waals surface area (Å²) in [6.45, 7) is 2.30. The first kappa shape index (κ1) is 14.2. The summed E-state index contributed by atoms with van der Waals surface area (Å²) in [5.41, 5.74) is 2.44. The van der Waals surface area contributed by atoms with Crippen LogP contribution in [0.5, 0.6) is 11.5 Å². The van der Waals surface area contributed by atoms with E-state index in [0.717, 1.165) is 11.3 Å². The monoisotopic (exact) mass is 275 g/mol. The van der Waals surface area contributed by atoms with E-state index < -0.39 is 0 Å². The van der Waals surface area contributed by atoms with Crippen LogP contribution in [0.3, 0.4) is 0 Å². The van der Waals surface area contributed by atoms with E-state index in [1.54, 1.807) is 33.3 Å². The van der Waals surface area contributed by atoms with E-state index in [4.69, 9.17) is 9.47 Å². The predicted octanol–water partition coefficient (Wildman–Crippen LogP) is 3.76. The molecule has 3 nitrogen and oxygen atoms in total. The lowest BCUT2D eigenvalue weighted by molar-refractivity contribution is 0.355. The maximum absolute atomic E-state index is 13.5. The lowest BCUT2D eigenvalue weighted by atomic mass is 10.1. The van der Waals surface area contributed by atoms with Gasteiger partial charge in [0.2, 0.25) is 0 Å². The van der Waals surface area contributed by atoms with E-state index in [1.807, 2.05) is 24.3 Å². The van der Waals surface area contributed by atoms with Crippen molar-refractivity contribution in [2.45, 2.75) is 13.5 Å². The van der Waals surface area contributed by atoms with Crippen LogP contribution in [0.1, 0.15) is 11.1 Å². The number of nitrogens with one attached hydrogen (secondary N) is 1. The molecule has 0 fully saturated rings. The molecule has 0 amide bonds. The Kier molecular flexibility index (Phi) is 4.45. The average molecular weight is 275 g/mol. The molecule has 0 saturated carbocycles. The Labute approximate surface area is 118 Å². The molecule has 2 rings (SSSR count). The molecule has 4 heteroatoms. The van der Waals surface area contributed by atoms with E-state index >= 15 is 0 Å². The molecule has 0 bridgehead atoms. The van der Waals surface area contributed by atoms with E-state index in [9.17, 15) is 4.39 Å². The Morgan fingerprint density at radius 2 is 1.75 bits per heavy atom. The van der Waals surface area contributed by atoms with Crippen LogP contribution in [0.4, 0.5) is 10.1 Å². The van der Waals surface area contributed by atoms with E-state index in [1.165, 1.54) is 0 Å². The molecule has 0 heterocycles. The van der Waals surface area contributed by atoms with Crippen LogP contribution in [0.15, 0.2) is 36.4 Å². The lowest BCUT2D eigenvalue weighted by Crippen LogP contribution is -2.01. The molecule has 106 valence electrons. The van der Waals surface area contributed by atoms with Gasteiger partial charge in [0.15, 0.2) is 11.5 Å². The third kappa shape index (κ3) is 3.20. The standard InChI is InChI=1S/C16H18FNO2/c1-11-4-5-12(8-14(11)17)10-18-13-6-7-15(19-2)16(9-13)20-3/h4-9,18H,10H2,1-3H3. The van der Waals surface area contributed by atoms with Gasteiger partial charge in [0.05, 0.1) is 14.2 Å². The Bertz CT molecular complexity index is 599. The lowest BCUT2D eigenvalue weighted by Gasteiger charge is -2.11. The van der Waals surface area contributed by atoms with Gasteiger partial charge in [-0.25, -0.2) is 4.39 Å². The number of aryl methyl sites for hydroxylation is 1. The third-order valence-electron chi connectivity index (χ3n) is 3.12. The summed E-state index contributed by atoms with van der Waals surface area (Å²) >= 11 is 0. The molecule has 20 heavy (non-hydrogen) atoms. The minimum atomic E-state index is -0.184. The molecule has 0 spiro atoms. The number of ether oxygens (including phenoxy) is 2. The molecule has 2 aromatic rings. The highest BCUT2D eigenvalue weighted by molar-refractivity contribution is 5.55. The maximum atomic E-state index is 13.5. The zero-order valence-corrected chi connectivity index (χ0v) is 11.9. The van der Waals surface area contributed by atoms with Crippen molar-refractivity contribution in [3.05, 3.63) is 53.3 Å². The average Bonchev–Trinajstić information content (AvgIpc) is 2.48. The summed E-state index contributed by atoms with van der Waals surface area (Å²) in [7, 11) is 3.19. The van der Waals surface area contributed by atoms with Crippen molar-refractivity contribution in [1.29, 1.82) is 0 Å². The van der Waals surface area contributed by atoms with Gasteiger partial charge in [-0.15, -0.1) is 0 Å². The zero-order valence-electron chi connectivity index (χ0n) is 11.9. The second kappa shape index (κ2) is 6.28. The summed E-state index contributed by atoms with van der Waals surface area (Å²) in [4.78, 5) is 0. The molecule has 0 radical (unpaired) electrons. The summed E-state index contributed by atoms with van der Waals surface area (Å²) < 4.78 is 23.9. The van der Waals surface area contributed by atoms with E-state index in [0.29, 0.717) is 23.6 Å². The van der Waals surface area contributed by atoms with Crippen molar-refractivity contribution in [3.63, 3.8) is 0 Å². The van der Waals surface area contributed by atoms with Gasteiger partial charge in [0.25, 0.3) is 0 Å². The number of benzene rings is 2. The van der Waals surface area contributed by atoms with E-state index in [-0.39, 0.29) is 5.82 Å². The minimum Gasteiger partial charge on any atom is -0.493 e. The Hall–Kier alpha value is -2.23. The van der Waals surface area contributed by atoms with Gasteiger partial charge < -0.3 is 14.8 Å². The third-order valence-corrected chi connectivity index (χ3v) is 3.12. The second-order valence-corrected chi connectivity index (χ2v) is 4.51. The van der Waals surface area contributed by atoms with Crippen molar-refractivity contribution >= 4 is 5.69 Å². The van der Waals surface area contributed by atoms with Gasteiger partial charge in [0.1, 0.15) is 5.82 Å². The summed E-state index contributed by atoms with van der Waals surface area (Å²) in [6.07, 6.45) is 0. The Balaban J connectivity index is 2.08. The van der Waals surface area contributed by atoms with Crippen molar-refractivity contribution in [2.75, 3.05) is 19.5 Å². The van der Waals surface area contributed by atoms with Crippen LogP contribution in [0.2, 0.25) is 0 Å². The molecule has 0 aromatic heterocycles. The zero-order chi connectivity index (χ0) is 14.5. The summed E-state index contributed by atoms with van der Waals surface area (Å²) in [5, 5.41) is 3.23. The van der Waals surface area contributed by atoms with Gasteiger partial charge in [-0.05, 0) is 36.2 Å². The predicted molar refractivity (Wildman–Crippen MR) is 78.0 cm³/mol. The van der Waals surface area contributed by atoms with Crippen LogP contribution < -0.4 is 14.8 Å². The van der Waals surface area contributed by atoms with Gasteiger partial charge in [0, 0.05) is 18.3 Å². The normalized spacial score (nSPS) is 10.2. The van der Waals surface area contributed by atoms with Gasteiger partial charge in [-0.1, -0.05) is 12.1 Å². The second-order valence-electron chi connectivity index (χ2n) is 4.51.